The van der Waals surface area contributed by atoms with E-state index in [2.05, 4.69) is 15.5 Å². The predicted molar refractivity (Wildman–Crippen MR) is 98.2 cm³/mol. The number of anilines is 1. The molecule has 1 amide bonds. The SMILES string of the molecule is Cc1cc(C(=O)Nc2cccc(-c3nnc(-c4ccco4)o3)c2)ccc1O. The van der Waals surface area contributed by atoms with E-state index in [0.717, 1.165) is 0 Å². The van der Waals surface area contributed by atoms with E-state index in [1.807, 2.05) is 0 Å². The maximum atomic E-state index is 12.4. The van der Waals surface area contributed by atoms with Gasteiger partial charge in [0.25, 0.3) is 11.8 Å². The number of aryl methyl sites for hydroxylation is 1. The Morgan fingerprint density at radius 2 is 1.89 bits per heavy atom. The summed E-state index contributed by atoms with van der Waals surface area (Å²) in [4.78, 5) is 12.4. The lowest BCUT2D eigenvalue weighted by Crippen LogP contribution is -2.12. The molecule has 0 spiro atoms. The number of rotatable bonds is 4. The molecule has 4 rings (SSSR count). The highest BCUT2D eigenvalue weighted by Gasteiger charge is 2.14. The van der Waals surface area contributed by atoms with Crippen LogP contribution in [0.4, 0.5) is 5.69 Å². The van der Waals surface area contributed by atoms with Gasteiger partial charge in [-0.3, -0.25) is 4.79 Å². The lowest BCUT2D eigenvalue weighted by Gasteiger charge is -2.07. The first-order chi connectivity index (χ1) is 13.1. The smallest absolute Gasteiger partial charge is 0.283 e. The van der Waals surface area contributed by atoms with Crippen LogP contribution in [0.1, 0.15) is 15.9 Å². The molecule has 0 atom stereocenters. The molecule has 0 radical (unpaired) electrons. The summed E-state index contributed by atoms with van der Waals surface area (Å²) >= 11 is 0. The maximum absolute atomic E-state index is 12.4. The zero-order chi connectivity index (χ0) is 18.8. The molecule has 2 N–H and O–H groups in total. The number of benzene rings is 2. The molecule has 0 aliphatic heterocycles. The number of phenolic OH excluding ortho intramolecular Hbond substituents is 1. The second-order valence-corrected chi connectivity index (χ2v) is 5.93. The minimum atomic E-state index is -0.281. The van der Waals surface area contributed by atoms with Crippen molar-refractivity contribution in [2.75, 3.05) is 5.32 Å². The molecular formula is C20H15N3O4. The highest BCUT2D eigenvalue weighted by molar-refractivity contribution is 6.04. The van der Waals surface area contributed by atoms with Gasteiger partial charge in [-0.2, -0.15) is 0 Å². The van der Waals surface area contributed by atoms with Gasteiger partial charge in [0.05, 0.1) is 6.26 Å². The van der Waals surface area contributed by atoms with Gasteiger partial charge in [-0.15, -0.1) is 10.2 Å². The summed E-state index contributed by atoms with van der Waals surface area (Å²) in [5.74, 6) is 0.956. The third-order valence-corrected chi connectivity index (χ3v) is 3.98. The minimum absolute atomic E-state index is 0.150. The van der Waals surface area contributed by atoms with Crippen LogP contribution in [0.15, 0.2) is 69.7 Å². The van der Waals surface area contributed by atoms with E-state index >= 15 is 0 Å². The molecule has 2 heterocycles. The van der Waals surface area contributed by atoms with Crippen molar-refractivity contribution >= 4 is 11.6 Å². The van der Waals surface area contributed by atoms with Gasteiger partial charge < -0.3 is 19.3 Å². The van der Waals surface area contributed by atoms with Crippen molar-refractivity contribution in [1.29, 1.82) is 0 Å². The molecule has 0 saturated carbocycles. The van der Waals surface area contributed by atoms with Crippen LogP contribution in [-0.2, 0) is 0 Å². The number of hydrogen-bond donors (Lipinski definition) is 2. The molecule has 7 heteroatoms. The fourth-order valence-electron chi connectivity index (χ4n) is 2.57. The summed E-state index contributed by atoms with van der Waals surface area (Å²) in [5, 5.41) is 20.4. The molecule has 0 saturated heterocycles. The Morgan fingerprint density at radius 3 is 2.67 bits per heavy atom. The van der Waals surface area contributed by atoms with Gasteiger partial charge in [0, 0.05) is 16.8 Å². The fraction of sp³-hybridized carbons (Fsp3) is 0.0500. The summed E-state index contributed by atoms with van der Waals surface area (Å²) in [5.41, 5.74) is 2.34. The van der Waals surface area contributed by atoms with Crippen LogP contribution in [0.25, 0.3) is 23.1 Å². The summed E-state index contributed by atoms with van der Waals surface area (Å²) in [6.45, 7) is 1.74. The number of hydrogen-bond acceptors (Lipinski definition) is 6. The minimum Gasteiger partial charge on any atom is -0.508 e. The van der Waals surface area contributed by atoms with Crippen LogP contribution in [0, 0.1) is 6.92 Å². The summed E-state index contributed by atoms with van der Waals surface area (Å²) in [7, 11) is 0. The van der Waals surface area contributed by atoms with Crippen molar-refractivity contribution in [1.82, 2.24) is 10.2 Å². The average molecular weight is 361 g/mol. The number of aromatic nitrogens is 2. The van der Waals surface area contributed by atoms with Crippen LogP contribution < -0.4 is 5.32 Å². The number of carbonyl (C=O) groups is 1. The fourth-order valence-corrected chi connectivity index (χ4v) is 2.57. The topological polar surface area (TPSA) is 101 Å². The predicted octanol–water partition coefficient (Wildman–Crippen LogP) is 4.26. The normalized spacial score (nSPS) is 10.7. The van der Waals surface area contributed by atoms with Gasteiger partial charge in [-0.1, -0.05) is 6.07 Å². The van der Waals surface area contributed by atoms with Crippen molar-refractivity contribution in [3.63, 3.8) is 0 Å². The Hall–Kier alpha value is -3.87. The molecule has 4 aromatic rings. The van der Waals surface area contributed by atoms with E-state index in [-0.39, 0.29) is 17.5 Å². The van der Waals surface area contributed by atoms with Crippen LogP contribution in [0.2, 0.25) is 0 Å². The van der Waals surface area contributed by atoms with E-state index in [0.29, 0.717) is 34.0 Å². The first-order valence-electron chi connectivity index (χ1n) is 8.19. The van der Waals surface area contributed by atoms with E-state index in [4.69, 9.17) is 8.83 Å². The molecular weight excluding hydrogens is 346 g/mol. The molecule has 27 heavy (non-hydrogen) atoms. The van der Waals surface area contributed by atoms with E-state index in [9.17, 15) is 9.90 Å². The van der Waals surface area contributed by atoms with Gasteiger partial charge in [0.2, 0.25) is 5.89 Å². The van der Waals surface area contributed by atoms with Crippen molar-refractivity contribution in [2.45, 2.75) is 6.92 Å². The highest BCUT2D eigenvalue weighted by Crippen LogP contribution is 2.26. The summed E-state index contributed by atoms with van der Waals surface area (Å²) in [6, 6.07) is 15.2. The van der Waals surface area contributed by atoms with Crippen LogP contribution >= 0.6 is 0 Å². The van der Waals surface area contributed by atoms with Crippen LogP contribution in [0.3, 0.4) is 0 Å². The molecule has 2 aromatic heterocycles. The molecule has 0 aliphatic carbocycles. The molecule has 134 valence electrons. The average Bonchev–Trinajstić information content (AvgIpc) is 3.35. The zero-order valence-corrected chi connectivity index (χ0v) is 14.3. The Bertz CT molecular complexity index is 1100. The van der Waals surface area contributed by atoms with Gasteiger partial charge in [0.1, 0.15) is 5.75 Å². The number of aromatic hydroxyl groups is 1. The first-order valence-corrected chi connectivity index (χ1v) is 8.19. The lowest BCUT2D eigenvalue weighted by atomic mass is 10.1. The van der Waals surface area contributed by atoms with E-state index in [1.165, 1.54) is 12.3 Å². The molecule has 0 fully saturated rings. The second-order valence-electron chi connectivity index (χ2n) is 5.93. The number of phenols is 1. The monoisotopic (exact) mass is 361 g/mol. The largest absolute Gasteiger partial charge is 0.508 e. The number of amides is 1. The van der Waals surface area contributed by atoms with E-state index in [1.54, 1.807) is 55.5 Å². The van der Waals surface area contributed by atoms with E-state index < -0.39 is 0 Å². The molecule has 0 unspecified atom stereocenters. The standard InChI is InChI=1S/C20H15N3O4/c1-12-10-13(7-8-16(12)24)18(25)21-15-5-2-4-14(11-15)19-22-23-20(27-19)17-6-3-9-26-17/h2-11,24H,1H3,(H,21,25). The Labute approximate surface area is 154 Å². The molecule has 0 aliphatic rings. The number of nitrogens with zero attached hydrogens (tertiary/aromatic N) is 2. The van der Waals surface area contributed by atoms with Gasteiger partial charge in [-0.25, -0.2) is 0 Å². The Morgan fingerprint density at radius 1 is 1.04 bits per heavy atom. The second kappa shape index (κ2) is 6.80. The van der Waals surface area contributed by atoms with Gasteiger partial charge in [0.15, 0.2) is 5.76 Å². The third-order valence-electron chi connectivity index (χ3n) is 3.98. The Kier molecular flexibility index (Phi) is 4.18. The quantitative estimate of drug-likeness (QED) is 0.563. The van der Waals surface area contributed by atoms with Crippen molar-refractivity contribution < 1.29 is 18.7 Å². The number of furan rings is 1. The maximum Gasteiger partial charge on any atom is 0.283 e. The molecule has 0 bridgehead atoms. The molecule has 2 aromatic carbocycles. The zero-order valence-electron chi connectivity index (χ0n) is 14.3. The molecule has 7 nitrogen and oxygen atoms in total. The van der Waals surface area contributed by atoms with Crippen molar-refractivity contribution in [3.05, 3.63) is 72.0 Å². The third kappa shape index (κ3) is 3.43. The summed E-state index contributed by atoms with van der Waals surface area (Å²) < 4.78 is 10.9. The lowest BCUT2D eigenvalue weighted by molar-refractivity contribution is 0.102. The van der Waals surface area contributed by atoms with Crippen molar-refractivity contribution in [2.24, 2.45) is 0 Å². The summed E-state index contributed by atoms with van der Waals surface area (Å²) in [6.07, 6.45) is 1.53. The Balaban J connectivity index is 1.56. The van der Waals surface area contributed by atoms with Crippen LogP contribution in [-0.4, -0.2) is 21.2 Å². The van der Waals surface area contributed by atoms with Crippen molar-refractivity contribution in [3.8, 4) is 28.9 Å². The number of carbonyl (C=O) groups excluding carboxylic acids is 1. The number of nitrogens with one attached hydrogen (secondary N) is 1. The van der Waals surface area contributed by atoms with Gasteiger partial charge in [-0.05, 0) is 61.0 Å². The van der Waals surface area contributed by atoms with Gasteiger partial charge >= 0.3 is 0 Å². The highest BCUT2D eigenvalue weighted by atomic mass is 16.4. The first kappa shape index (κ1) is 16.6. The van der Waals surface area contributed by atoms with Crippen LogP contribution in [0.5, 0.6) is 5.75 Å².